The minimum atomic E-state index is -1.15. The molecule has 13 heavy (non-hydrogen) atoms. The van der Waals surface area contributed by atoms with Crippen molar-refractivity contribution < 1.29 is 19.4 Å². The molecule has 0 aromatic carbocycles. The summed E-state index contributed by atoms with van der Waals surface area (Å²) in [6.45, 7) is 4.92. The molecule has 0 aliphatic rings. The van der Waals surface area contributed by atoms with E-state index in [0.29, 0.717) is 0 Å². The number of carbonyl (C=O) groups is 2. The van der Waals surface area contributed by atoms with E-state index in [0.717, 1.165) is 4.90 Å². The van der Waals surface area contributed by atoms with Crippen molar-refractivity contribution in [2.24, 2.45) is 0 Å². The molecule has 0 atom stereocenters. The summed E-state index contributed by atoms with van der Waals surface area (Å²) in [6.07, 6.45) is -1.15. The van der Waals surface area contributed by atoms with Gasteiger partial charge in [-0.25, -0.2) is 9.59 Å². The minimum Gasteiger partial charge on any atom is -0.465 e. The lowest BCUT2D eigenvalue weighted by molar-refractivity contribution is -0.153. The zero-order chi connectivity index (χ0) is 10.6. The smallest absolute Gasteiger partial charge is 0.407 e. The summed E-state index contributed by atoms with van der Waals surface area (Å²) in [4.78, 5) is 22.8. The van der Waals surface area contributed by atoms with Crippen molar-refractivity contribution in [2.75, 3.05) is 13.7 Å². The van der Waals surface area contributed by atoms with E-state index in [1.807, 2.05) is 0 Å². The Morgan fingerprint density at radius 1 is 1.46 bits per heavy atom. The molecule has 0 spiro atoms. The molecule has 1 N–H and O–H groups in total. The monoisotopic (exact) mass is 189 g/mol. The fraction of sp³-hybridized carbons (Fsp3) is 0.750. The Bertz CT molecular complexity index is 212. The molecule has 0 aromatic rings. The third kappa shape index (κ3) is 2.61. The topological polar surface area (TPSA) is 66.8 Å². The zero-order valence-electron chi connectivity index (χ0n) is 8.33. The molecule has 0 aliphatic heterocycles. The van der Waals surface area contributed by atoms with Gasteiger partial charge in [0.05, 0.1) is 6.61 Å². The van der Waals surface area contributed by atoms with E-state index >= 15 is 0 Å². The highest BCUT2D eigenvalue weighted by Gasteiger charge is 2.36. The van der Waals surface area contributed by atoms with Crippen LogP contribution in [0.4, 0.5) is 4.79 Å². The van der Waals surface area contributed by atoms with Crippen LogP contribution in [0.25, 0.3) is 0 Å². The highest BCUT2D eigenvalue weighted by Crippen LogP contribution is 2.14. The molecule has 1 amide bonds. The second-order valence-electron chi connectivity index (χ2n) is 3.12. The number of carbonyl (C=O) groups excluding carboxylic acids is 1. The molecule has 0 fully saturated rings. The Labute approximate surface area is 77.3 Å². The Hall–Kier alpha value is -1.26. The summed E-state index contributed by atoms with van der Waals surface area (Å²) in [6, 6.07) is 0. The Morgan fingerprint density at radius 2 is 1.92 bits per heavy atom. The standard InChI is InChI=1S/C8H15NO4/c1-5-13-6(10)8(2,3)9(4)7(11)12/h5H2,1-4H3,(H,11,12). The molecule has 0 unspecified atom stereocenters. The lowest BCUT2D eigenvalue weighted by Gasteiger charge is -2.30. The van der Waals surface area contributed by atoms with Crippen LogP contribution in [0, 0.1) is 0 Å². The van der Waals surface area contributed by atoms with Crippen molar-refractivity contribution in [1.29, 1.82) is 0 Å². The average Bonchev–Trinajstić information content (AvgIpc) is 2.03. The van der Waals surface area contributed by atoms with E-state index in [2.05, 4.69) is 0 Å². The van der Waals surface area contributed by atoms with Gasteiger partial charge in [-0.1, -0.05) is 0 Å². The second kappa shape index (κ2) is 4.11. The zero-order valence-corrected chi connectivity index (χ0v) is 8.33. The number of hydrogen-bond acceptors (Lipinski definition) is 3. The van der Waals surface area contributed by atoms with Crippen molar-refractivity contribution >= 4 is 12.1 Å². The molecule has 0 radical (unpaired) electrons. The van der Waals surface area contributed by atoms with Gasteiger partial charge in [-0.2, -0.15) is 0 Å². The number of esters is 1. The quantitative estimate of drug-likeness (QED) is 0.671. The fourth-order valence-corrected chi connectivity index (χ4v) is 0.684. The number of carboxylic acid groups (broad SMARTS) is 1. The van der Waals surface area contributed by atoms with Crippen molar-refractivity contribution in [1.82, 2.24) is 4.90 Å². The van der Waals surface area contributed by atoms with E-state index in [1.165, 1.54) is 20.9 Å². The third-order valence-corrected chi connectivity index (χ3v) is 1.90. The highest BCUT2D eigenvalue weighted by molar-refractivity contribution is 5.84. The van der Waals surface area contributed by atoms with Crippen molar-refractivity contribution in [3.8, 4) is 0 Å². The highest BCUT2D eigenvalue weighted by atomic mass is 16.5. The van der Waals surface area contributed by atoms with Crippen LogP contribution in [0.3, 0.4) is 0 Å². The maximum atomic E-state index is 11.3. The van der Waals surface area contributed by atoms with Crippen LogP contribution < -0.4 is 0 Å². The van der Waals surface area contributed by atoms with Crippen molar-refractivity contribution in [2.45, 2.75) is 26.3 Å². The van der Waals surface area contributed by atoms with Crippen molar-refractivity contribution in [3.63, 3.8) is 0 Å². The number of ether oxygens (including phenoxy) is 1. The van der Waals surface area contributed by atoms with Gasteiger partial charge in [-0.15, -0.1) is 0 Å². The summed E-state index contributed by atoms with van der Waals surface area (Å²) in [5.41, 5.74) is -1.14. The largest absolute Gasteiger partial charge is 0.465 e. The molecular formula is C8H15NO4. The second-order valence-corrected chi connectivity index (χ2v) is 3.12. The molecule has 0 rings (SSSR count). The summed E-state index contributed by atoms with van der Waals surface area (Å²) < 4.78 is 4.73. The van der Waals surface area contributed by atoms with Gasteiger partial charge in [-0.3, -0.25) is 4.90 Å². The van der Waals surface area contributed by atoms with Gasteiger partial charge in [0.1, 0.15) is 5.54 Å². The first-order chi connectivity index (χ1) is 5.84. The molecule has 0 heterocycles. The number of rotatable bonds is 3. The summed E-state index contributed by atoms with van der Waals surface area (Å²) >= 11 is 0. The first-order valence-electron chi connectivity index (χ1n) is 3.98. The Balaban J connectivity index is 4.54. The van der Waals surface area contributed by atoms with Crippen molar-refractivity contribution in [3.05, 3.63) is 0 Å². The van der Waals surface area contributed by atoms with Crippen LogP contribution in [-0.2, 0) is 9.53 Å². The lowest BCUT2D eigenvalue weighted by Crippen LogP contribution is -2.51. The van der Waals surface area contributed by atoms with E-state index in [1.54, 1.807) is 6.92 Å². The molecule has 0 saturated heterocycles. The Morgan fingerprint density at radius 3 is 2.23 bits per heavy atom. The van der Waals surface area contributed by atoms with E-state index in [9.17, 15) is 9.59 Å². The van der Waals surface area contributed by atoms with Gasteiger partial charge in [0.2, 0.25) is 0 Å². The molecule has 76 valence electrons. The maximum Gasteiger partial charge on any atom is 0.407 e. The Kier molecular flexibility index (Phi) is 3.71. The number of amides is 1. The number of likely N-dealkylation sites (N-methyl/N-ethyl adjacent to an activating group) is 1. The van der Waals surface area contributed by atoms with Crippen LogP contribution in [-0.4, -0.2) is 41.3 Å². The average molecular weight is 189 g/mol. The SMILES string of the molecule is CCOC(=O)C(C)(C)N(C)C(=O)O. The molecule has 5 heteroatoms. The summed E-state index contributed by atoms with van der Waals surface area (Å²) in [7, 11) is 1.33. The van der Waals surface area contributed by atoms with Crippen LogP contribution in [0.5, 0.6) is 0 Å². The molecule has 0 aromatic heterocycles. The normalized spacial score (nSPS) is 10.8. The minimum absolute atomic E-state index is 0.246. The molecular weight excluding hydrogens is 174 g/mol. The van der Waals surface area contributed by atoms with Crippen LogP contribution in [0.2, 0.25) is 0 Å². The fourth-order valence-electron chi connectivity index (χ4n) is 0.684. The van der Waals surface area contributed by atoms with E-state index in [-0.39, 0.29) is 6.61 Å². The first-order valence-corrected chi connectivity index (χ1v) is 3.98. The lowest BCUT2D eigenvalue weighted by atomic mass is 10.1. The van der Waals surface area contributed by atoms with Gasteiger partial charge >= 0.3 is 12.1 Å². The van der Waals surface area contributed by atoms with Gasteiger partial charge < -0.3 is 9.84 Å². The number of nitrogens with zero attached hydrogens (tertiary/aromatic N) is 1. The van der Waals surface area contributed by atoms with Gasteiger partial charge in [-0.05, 0) is 20.8 Å². The summed E-state index contributed by atoms with van der Waals surface area (Å²) in [5, 5.41) is 8.65. The maximum absolute atomic E-state index is 11.3. The summed E-state index contributed by atoms with van der Waals surface area (Å²) in [5.74, 6) is -0.542. The molecule has 0 bridgehead atoms. The van der Waals surface area contributed by atoms with E-state index in [4.69, 9.17) is 9.84 Å². The number of hydrogen-bond donors (Lipinski definition) is 1. The van der Waals surface area contributed by atoms with Crippen LogP contribution in [0.1, 0.15) is 20.8 Å². The van der Waals surface area contributed by atoms with Crippen LogP contribution >= 0.6 is 0 Å². The predicted octanol–water partition coefficient (Wildman–Crippen LogP) is 0.938. The van der Waals surface area contributed by atoms with Crippen LogP contribution in [0.15, 0.2) is 0 Å². The molecule has 0 saturated carbocycles. The molecule has 5 nitrogen and oxygen atoms in total. The predicted molar refractivity (Wildman–Crippen MR) is 46.5 cm³/mol. The van der Waals surface area contributed by atoms with Gasteiger partial charge in [0, 0.05) is 7.05 Å². The molecule has 0 aliphatic carbocycles. The van der Waals surface area contributed by atoms with Gasteiger partial charge in [0.25, 0.3) is 0 Å². The first kappa shape index (κ1) is 11.7. The van der Waals surface area contributed by atoms with Gasteiger partial charge in [0.15, 0.2) is 0 Å². The third-order valence-electron chi connectivity index (χ3n) is 1.90. The van der Waals surface area contributed by atoms with E-state index < -0.39 is 17.6 Å².